The first kappa shape index (κ1) is 18.5. The van der Waals surface area contributed by atoms with E-state index in [0.29, 0.717) is 18.0 Å². The molecule has 2 N–H and O–H groups in total. The maximum absolute atomic E-state index is 12.3. The highest BCUT2D eigenvalue weighted by Gasteiger charge is 2.16. The SMILES string of the molecule is CCCCCCC(=O)Nc1ccc(C(=O)NC2CCCCC2)cc1. The molecule has 0 radical (unpaired) electrons. The third kappa shape index (κ3) is 6.34. The van der Waals surface area contributed by atoms with E-state index in [4.69, 9.17) is 0 Å². The first-order valence-corrected chi connectivity index (χ1v) is 9.40. The van der Waals surface area contributed by atoms with Gasteiger partial charge in [-0.3, -0.25) is 9.59 Å². The van der Waals surface area contributed by atoms with Crippen LogP contribution in [0.2, 0.25) is 0 Å². The van der Waals surface area contributed by atoms with Crippen LogP contribution >= 0.6 is 0 Å². The molecule has 2 amide bonds. The molecule has 0 atom stereocenters. The minimum Gasteiger partial charge on any atom is -0.349 e. The summed E-state index contributed by atoms with van der Waals surface area (Å²) in [5, 5.41) is 6.00. The van der Waals surface area contributed by atoms with Crippen molar-refractivity contribution in [3.8, 4) is 0 Å². The Labute approximate surface area is 145 Å². The minimum atomic E-state index is -0.0145. The molecule has 0 aromatic heterocycles. The zero-order chi connectivity index (χ0) is 17.2. The number of unbranched alkanes of at least 4 members (excludes halogenated alkanes) is 3. The van der Waals surface area contributed by atoms with Gasteiger partial charge in [0.15, 0.2) is 0 Å². The molecule has 1 saturated carbocycles. The van der Waals surface area contributed by atoms with E-state index in [1.54, 1.807) is 24.3 Å². The summed E-state index contributed by atoms with van der Waals surface area (Å²) >= 11 is 0. The van der Waals surface area contributed by atoms with Crippen molar-refractivity contribution in [2.45, 2.75) is 77.2 Å². The van der Waals surface area contributed by atoms with Gasteiger partial charge in [0, 0.05) is 23.7 Å². The largest absolute Gasteiger partial charge is 0.349 e. The van der Waals surface area contributed by atoms with Crippen molar-refractivity contribution in [1.29, 1.82) is 0 Å². The number of carbonyl (C=O) groups excluding carboxylic acids is 2. The van der Waals surface area contributed by atoms with Crippen LogP contribution in [0.5, 0.6) is 0 Å². The van der Waals surface area contributed by atoms with Gasteiger partial charge in [-0.25, -0.2) is 0 Å². The number of anilines is 1. The summed E-state index contributed by atoms with van der Waals surface area (Å²) in [6.07, 6.45) is 10.8. The van der Waals surface area contributed by atoms with Gasteiger partial charge in [0.05, 0.1) is 0 Å². The highest BCUT2D eigenvalue weighted by atomic mass is 16.2. The molecular weight excluding hydrogens is 300 g/mol. The fraction of sp³-hybridized carbons (Fsp3) is 0.600. The number of hydrogen-bond acceptors (Lipinski definition) is 2. The molecule has 24 heavy (non-hydrogen) atoms. The number of rotatable bonds is 8. The highest BCUT2D eigenvalue weighted by Crippen LogP contribution is 2.18. The van der Waals surface area contributed by atoms with Crippen molar-refractivity contribution in [3.05, 3.63) is 29.8 Å². The maximum atomic E-state index is 12.3. The number of carbonyl (C=O) groups is 2. The van der Waals surface area contributed by atoms with Crippen LogP contribution in [0.25, 0.3) is 0 Å². The molecule has 1 aromatic rings. The first-order valence-electron chi connectivity index (χ1n) is 9.40. The maximum Gasteiger partial charge on any atom is 0.251 e. The zero-order valence-corrected chi connectivity index (χ0v) is 14.8. The smallest absolute Gasteiger partial charge is 0.251 e. The van der Waals surface area contributed by atoms with E-state index in [0.717, 1.165) is 31.4 Å². The van der Waals surface area contributed by atoms with E-state index >= 15 is 0 Å². The quantitative estimate of drug-likeness (QED) is 0.681. The van der Waals surface area contributed by atoms with Crippen molar-refractivity contribution in [2.24, 2.45) is 0 Å². The Bertz CT molecular complexity index is 519. The van der Waals surface area contributed by atoms with Gasteiger partial charge in [-0.15, -0.1) is 0 Å². The second-order valence-electron chi connectivity index (χ2n) is 6.74. The Morgan fingerprint density at radius 1 is 1.00 bits per heavy atom. The Morgan fingerprint density at radius 3 is 2.38 bits per heavy atom. The van der Waals surface area contributed by atoms with E-state index < -0.39 is 0 Å². The van der Waals surface area contributed by atoms with Crippen molar-refractivity contribution in [3.63, 3.8) is 0 Å². The summed E-state index contributed by atoms with van der Waals surface area (Å²) in [5.74, 6) is 0.0323. The molecule has 1 fully saturated rings. The average Bonchev–Trinajstić information content (AvgIpc) is 2.60. The topological polar surface area (TPSA) is 58.2 Å². The van der Waals surface area contributed by atoms with Crippen LogP contribution in [0.4, 0.5) is 5.69 Å². The van der Waals surface area contributed by atoms with Gasteiger partial charge in [0.2, 0.25) is 5.91 Å². The monoisotopic (exact) mass is 330 g/mol. The molecule has 1 aliphatic rings. The predicted octanol–water partition coefficient (Wildman–Crippen LogP) is 4.66. The second-order valence-corrected chi connectivity index (χ2v) is 6.74. The van der Waals surface area contributed by atoms with Crippen LogP contribution in [0.3, 0.4) is 0 Å². The molecule has 0 bridgehead atoms. The van der Waals surface area contributed by atoms with Crippen molar-refractivity contribution in [1.82, 2.24) is 5.32 Å². The summed E-state index contributed by atoms with van der Waals surface area (Å²) in [4.78, 5) is 24.1. The molecule has 0 unspecified atom stereocenters. The van der Waals surface area contributed by atoms with Gasteiger partial charge < -0.3 is 10.6 Å². The number of nitrogens with one attached hydrogen (secondary N) is 2. The van der Waals surface area contributed by atoms with Gasteiger partial charge >= 0.3 is 0 Å². The van der Waals surface area contributed by atoms with Gasteiger partial charge in [-0.05, 0) is 43.5 Å². The lowest BCUT2D eigenvalue weighted by molar-refractivity contribution is -0.116. The standard InChI is InChI=1S/C20H30N2O2/c1-2-3-4-8-11-19(23)21-18-14-12-16(13-15-18)20(24)22-17-9-6-5-7-10-17/h12-15,17H,2-11H2,1H3,(H,21,23)(H,22,24). The number of hydrogen-bond donors (Lipinski definition) is 2. The third-order valence-corrected chi connectivity index (χ3v) is 4.63. The molecule has 0 spiro atoms. The Hall–Kier alpha value is -1.84. The van der Waals surface area contributed by atoms with Gasteiger partial charge in [-0.2, -0.15) is 0 Å². The molecule has 132 valence electrons. The lowest BCUT2D eigenvalue weighted by Gasteiger charge is -2.22. The van der Waals surface area contributed by atoms with Gasteiger partial charge in [0.25, 0.3) is 5.91 Å². The molecule has 1 aliphatic carbocycles. The lowest BCUT2D eigenvalue weighted by Crippen LogP contribution is -2.36. The summed E-state index contributed by atoms with van der Waals surface area (Å²) in [6, 6.07) is 7.49. The third-order valence-electron chi connectivity index (χ3n) is 4.63. The van der Waals surface area contributed by atoms with E-state index in [9.17, 15) is 9.59 Å². The molecule has 0 saturated heterocycles. The molecule has 2 rings (SSSR count). The van der Waals surface area contributed by atoms with E-state index in [1.165, 1.54) is 32.1 Å². The van der Waals surface area contributed by atoms with Crippen molar-refractivity contribution in [2.75, 3.05) is 5.32 Å². The Morgan fingerprint density at radius 2 is 1.71 bits per heavy atom. The molecule has 0 heterocycles. The van der Waals surface area contributed by atoms with Crippen LogP contribution < -0.4 is 10.6 Å². The first-order chi connectivity index (χ1) is 11.7. The summed E-state index contributed by atoms with van der Waals surface area (Å²) in [6.45, 7) is 2.16. The fourth-order valence-corrected chi connectivity index (χ4v) is 3.16. The molecule has 0 aliphatic heterocycles. The van der Waals surface area contributed by atoms with Crippen molar-refractivity contribution >= 4 is 17.5 Å². The molecule has 4 nitrogen and oxygen atoms in total. The summed E-state index contributed by atoms with van der Waals surface area (Å²) in [7, 11) is 0. The summed E-state index contributed by atoms with van der Waals surface area (Å²) < 4.78 is 0. The van der Waals surface area contributed by atoms with Crippen molar-refractivity contribution < 1.29 is 9.59 Å². The number of benzene rings is 1. The fourth-order valence-electron chi connectivity index (χ4n) is 3.16. The van der Waals surface area contributed by atoms with Crippen LogP contribution in [0.15, 0.2) is 24.3 Å². The van der Waals surface area contributed by atoms with E-state index in [2.05, 4.69) is 17.6 Å². The molecule has 1 aromatic carbocycles. The van der Waals surface area contributed by atoms with Crippen LogP contribution in [-0.4, -0.2) is 17.9 Å². The highest BCUT2D eigenvalue weighted by molar-refractivity contribution is 5.95. The summed E-state index contributed by atoms with van der Waals surface area (Å²) in [5.41, 5.74) is 1.41. The Kier molecular flexibility index (Phi) is 7.80. The van der Waals surface area contributed by atoms with Gasteiger partial charge in [0.1, 0.15) is 0 Å². The van der Waals surface area contributed by atoms with Gasteiger partial charge in [-0.1, -0.05) is 45.4 Å². The second kappa shape index (κ2) is 10.1. The van der Waals surface area contributed by atoms with Crippen LogP contribution in [0, 0.1) is 0 Å². The lowest BCUT2D eigenvalue weighted by atomic mass is 9.95. The Balaban J connectivity index is 1.77. The average molecular weight is 330 g/mol. The van der Waals surface area contributed by atoms with Crippen LogP contribution in [-0.2, 0) is 4.79 Å². The van der Waals surface area contributed by atoms with E-state index in [1.807, 2.05) is 0 Å². The predicted molar refractivity (Wildman–Crippen MR) is 98.2 cm³/mol. The zero-order valence-electron chi connectivity index (χ0n) is 14.8. The van der Waals surface area contributed by atoms with Crippen LogP contribution in [0.1, 0.15) is 81.5 Å². The molecule has 4 heteroatoms. The molecular formula is C20H30N2O2. The minimum absolute atomic E-state index is 0.0145. The normalized spacial score (nSPS) is 15.0. The number of amides is 2. The van der Waals surface area contributed by atoms with E-state index in [-0.39, 0.29) is 11.8 Å².